The molecule has 0 unspecified atom stereocenters. The first-order valence-electron chi connectivity index (χ1n) is 12.4. The second-order valence-corrected chi connectivity index (χ2v) is 9.22. The Hall–Kier alpha value is -3.32. The van der Waals surface area contributed by atoms with E-state index in [2.05, 4.69) is 10.3 Å². The highest BCUT2D eigenvalue weighted by atomic mass is 16.5. The molecule has 1 amide bonds. The van der Waals surface area contributed by atoms with Gasteiger partial charge < -0.3 is 25.3 Å². The van der Waals surface area contributed by atoms with Gasteiger partial charge in [0.05, 0.1) is 24.3 Å². The van der Waals surface area contributed by atoms with Gasteiger partial charge in [-0.2, -0.15) is 0 Å². The van der Waals surface area contributed by atoms with Gasteiger partial charge >= 0.3 is 5.97 Å². The third-order valence-electron chi connectivity index (χ3n) is 5.95. The number of ether oxygens (including phenoxy) is 1. The van der Waals surface area contributed by atoms with E-state index in [0.717, 1.165) is 47.7 Å². The maximum Gasteiger partial charge on any atom is 0.303 e. The van der Waals surface area contributed by atoms with Gasteiger partial charge in [0, 0.05) is 23.5 Å². The highest BCUT2D eigenvalue weighted by Gasteiger charge is 2.20. The summed E-state index contributed by atoms with van der Waals surface area (Å²) in [5, 5.41) is 22.8. The molecule has 0 aliphatic heterocycles. The highest BCUT2D eigenvalue weighted by molar-refractivity contribution is 5.97. The summed E-state index contributed by atoms with van der Waals surface area (Å²) in [6.07, 6.45) is 6.77. The zero-order valence-corrected chi connectivity index (χ0v) is 20.5. The van der Waals surface area contributed by atoms with E-state index < -0.39 is 12.0 Å². The van der Waals surface area contributed by atoms with Crippen molar-refractivity contribution in [2.45, 2.75) is 70.9 Å². The van der Waals surface area contributed by atoms with Gasteiger partial charge in [-0.1, -0.05) is 37.1 Å². The van der Waals surface area contributed by atoms with E-state index >= 15 is 0 Å². The summed E-state index contributed by atoms with van der Waals surface area (Å²) >= 11 is 0. The molecule has 0 radical (unpaired) electrons. The third-order valence-corrected chi connectivity index (χ3v) is 5.95. The van der Waals surface area contributed by atoms with Gasteiger partial charge in [0.2, 0.25) is 0 Å². The van der Waals surface area contributed by atoms with Gasteiger partial charge in [-0.3, -0.25) is 9.59 Å². The number of carbonyl (C=O) groups is 2. The van der Waals surface area contributed by atoms with Crippen LogP contribution in [-0.2, 0) is 17.6 Å². The first kappa shape index (κ1) is 26.3. The van der Waals surface area contributed by atoms with Crippen molar-refractivity contribution in [3.05, 3.63) is 65.4 Å². The molecule has 0 spiro atoms. The van der Waals surface area contributed by atoms with Crippen molar-refractivity contribution in [3.8, 4) is 5.75 Å². The predicted octanol–water partition coefficient (Wildman–Crippen LogP) is 4.87. The number of aliphatic hydroxyl groups excluding tert-OH is 1. The molecule has 0 aliphatic carbocycles. The quantitative estimate of drug-likeness (QED) is 0.246. The fourth-order valence-corrected chi connectivity index (χ4v) is 4.22. The van der Waals surface area contributed by atoms with E-state index in [1.807, 2.05) is 62.5 Å². The molecule has 0 saturated heterocycles. The summed E-state index contributed by atoms with van der Waals surface area (Å²) in [6, 6.07) is 13.2. The van der Waals surface area contributed by atoms with Crippen LogP contribution in [0.15, 0.2) is 48.7 Å². The van der Waals surface area contributed by atoms with Crippen molar-refractivity contribution in [2.24, 2.45) is 0 Å². The number of rotatable bonds is 14. The molecule has 1 atom stereocenters. The molecule has 7 nitrogen and oxygen atoms in total. The average Bonchev–Trinajstić information content (AvgIpc) is 3.23. The van der Waals surface area contributed by atoms with Crippen LogP contribution < -0.4 is 10.1 Å². The number of para-hydroxylation sites is 1. The van der Waals surface area contributed by atoms with Gasteiger partial charge in [0.25, 0.3) is 5.91 Å². The Morgan fingerprint density at radius 2 is 1.83 bits per heavy atom. The molecule has 1 aromatic heterocycles. The number of aliphatic carboxylic acids is 1. The number of aromatic nitrogens is 1. The van der Waals surface area contributed by atoms with Crippen LogP contribution in [0.5, 0.6) is 5.75 Å². The smallest absolute Gasteiger partial charge is 0.303 e. The fraction of sp³-hybridized carbons (Fsp3) is 0.429. The van der Waals surface area contributed by atoms with Crippen molar-refractivity contribution in [2.75, 3.05) is 6.61 Å². The van der Waals surface area contributed by atoms with Crippen LogP contribution in [0.4, 0.5) is 0 Å². The standard InChI is InChI=1S/C28H36N2O5/c1-19(2)35-26-14-13-20(9-5-3-4-6-12-27(32)33)15-24(26)28(34)30-22(18-31)16-21-17-29-25-11-8-7-10-23(21)25/h7-8,10-11,13-15,17,19,22,29,31H,3-6,9,12,16,18H2,1-2H3,(H,30,34)(H,32,33)/t22-/m1/s1. The van der Waals surface area contributed by atoms with Gasteiger partial charge in [-0.25, -0.2) is 0 Å². The van der Waals surface area contributed by atoms with E-state index in [9.17, 15) is 14.7 Å². The first-order valence-corrected chi connectivity index (χ1v) is 12.4. The Balaban J connectivity index is 1.67. The van der Waals surface area contributed by atoms with E-state index in [4.69, 9.17) is 9.84 Å². The Bertz CT molecular complexity index is 1120. The van der Waals surface area contributed by atoms with Gasteiger partial charge in [0.15, 0.2) is 0 Å². The van der Waals surface area contributed by atoms with Gasteiger partial charge in [-0.05, 0) is 68.9 Å². The number of benzene rings is 2. The largest absolute Gasteiger partial charge is 0.490 e. The van der Waals surface area contributed by atoms with E-state index in [1.54, 1.807) is 0 Å². The Morgan fingerprint density at radius 1 is 1.06 bits per heavy atom. The minimum Gasteiger partial charge on any atom is -0.490 e. The normalized spacial score (nSPS) is 12.1. The van der Waals surface area contributed by atoms with Crippen LogP contribution in [0.3, 0.4) is 0 Å². The molecule has 7 heteroatoms. The molecule has 0 fully saturated rings. The molecule has 188 valence electrons. The molecule has 3 rings (SSSR count). The molecule has 2 aromatic carbocycles. The van der Waals surface area contributed by atoms with Crippen LogP contribution in [-0.4, -0.2) is 45.8 Å². The van der Waals surface area contributed by atoms with E-state index in [-0.39, 0.29) is 25.0 Å². The van der Waals surface area contributed by atoms with Crippen LogP contribution in [0.25, 0.3) is 10.9 Å². The van der Waals surface area contributed by atoms with Crippen LogP contribution >= 0.6 is 0 Å². The first-order chi connectivity index (χ1) is 16.9. The Labute approximate surface area is 206 Å². The summed E-state index contributed by atoms with van der Waals surface area (Å²) in [5.41, 5.74) is 3.55. The molecule has 4 N–H and O–H groups in total. The molecule has 1 heterocycles. The lowest BCUT2D eigenvalue weighted by Gasteiger charge is -2.19. The lowest BCUT2D eigenvalue weighted by molar-refractivity contribution is -0.137. The fourth-order valence-electron chi connectivity index (χ4n) is 4.22. The van der Waals surface area contributed by atoms with E-state index in [1.165, 1.54) is 0 Å². The molecular formula is C28H36N2O5. The number of nitrogens with one attached hydrogen (secondary N) is 2. The third kappa shape index (κ3) is 7.86. The van der Waals surface area contributed by atoms with E-state index in [0.29, 0.717) is 24.2 Å². The number of carboxylic acid groups (broad SMARTS) is 1. The SMILES string of the molecule is CC(C)Oc1ccc(CCCCCCC(=O)O)cc1C(=O)N[C@@H](CO)Cc1c[nH]c2ccccc12. The number of aromatic amines is 1. The number of unbranched alkanes of at least 4 members (excludes halogenated alkanes) is 3. The molecule has 35 heavy (non-hydrogen) atoms. The topological polar surface area (TPSA) is 112 Å². The van der Waals surface area contributed by atoms with Crippen LogP contribution in [0, 0.1) is 0 Å². The molecule has 0 saturated carbocycles. The van der Waals surface area contributed by atoms with Crippen molar-refractivity contribution in [1.82, 2.24) is 10.3 Å². The molecule has 3 aromatic rings. The number of carbonyl (C=O) groups excluding carboxylic acids is 1. The summed E-state index contributed by atoms with van der Waals surface area (Å²) in [5.74, 6) is -0.512. The zero-order chi connectivity index (χ0) is 25.2. The van der Waals surface area contributed by atoms with Crippen molar-refractivity contribution in [3.63, 3.8) is 0 Å². The molecule has 0 aliphatic rings. The highest BCUT2D eigenvalue weighted by Crippen LogP contribution is 2.24. The second-order valence-electron chi connectivity index (χ2n) is 9.22. The summed E-state index contributed by atoms with van der Waals surface area (Å²) in [6.45, 7) is 3.65. The number of fused-ring (bicyclic) bond motifs is 1. The zero-order valence-electron chi connectivity index (χ0n) is 20.5. The maximum absolute atomic E-state index is 13.3. The number of hydrogen-bond donors (Lipinski definition) is 4. The van der Waals surface area contributed by atoms with Crippen molar-refractivity contribution >= 4 is 22.8 Å². The lowest BCUT2D eigenvalue weighted by atomic mass is 10.0. The summed E-state index contributed by atoms with van der Waals surface area (Å²) < 4.78 is 5.90. The summed E-state index contributed by atoms with van der Waals surface area (Å²) in [4.78, 5) is 27.1. The minimum absolute atomic E-state index is 0.0819. The number of carboxylic acids is 1. The molecule has 0 bridgehead atoms. The second kappa shape index (κ2) is 13.0. The van der Waals surface area contributed by atoms with Crippen molar-refractivity contribution < 1.29 is 24.5 Å². The number of hydrogen-bond acceptors (Lipinski definition) is 4. The summed E-state index contributed by atoms with van der Waals surface area (Å²) in [7, 11) is 0. The monoisotopic (exact) mass is 480 g/mol. The average molecular weight is 481 g/mol. The van der Waals surface area contributed by atoms with Gasteiger partial charge in [-0.15, -0.1) is 0 Å². The number of amides is 1. The number of aliphatic hydroxyl groups is 1. The van der Waals surface area contributed by atoms with Crippen LogP contribution in [0.1, 0.15) is 67.4 Å². The molecular weight excluding hydrogens is 444 g/mol. The number of aryl methyl sites for hydroxylation is 1. The Kier molecular flexibility index (Phi) is 9.73. The van der Waals surface area contributed by atoms with Crippen molar-refractivity contribution in [1.29, 1.82) is 0 Å². The Morgan fingerprint density at radius 3 is 2.57 bits per heavy atom. The van der Waals surface area contributed by atoms with Gasteiger partial charge in [0.1, 0.15) is 5.75 Å². The van der Waals surface area contributed by atoms with Crippen LogP contribution in [0.2, 0.25) is 0 Å². The minimum atomic E-state index is -0.757. The number of H-pyrrole nitrogens is 1. The lowest BCUT2D eigenvalue weighted by Crippen LogP contribution is -2.39. The predicted molar refractivity (Wildman–Crippen MR) is 137 cm³/mol. The maximum atomic E-state index is 13.3.